The molecule has 4 aromatic rings. The van der Waals surface area contributed by atoms with Crippen LogP contribution >= 0.6 is 0 Å². The normalized spacial score (nSPS) is 11.1. The first kappa shape index (κ1) is 17.9. The summed E-state index contributed by atoms with van der Waals surface area (Å²) in [5.74, 6) is 0.485. The summed E-state index contributed by atoms with van der Waals surface area (Å²) in [5, 5.41) is 12.7. The molecule has 0 saturated heterocycles. The lowest BCUT2D eigenvalue weighted by Crippen LogP contribution is -2.21. The number of fused-ring (bicyclic) bond motifs is 1. The van der Waals surface area contributed by atoms with Gasteiger partial charge in [-0.15, -0.1) is 0 Å². The van der Waals surface area contributed by atoms with Crippen LogP contribution in [0.25, 0.3) is 22.2 Å². The van der Waals surface area contributed by atoms with Gasteiger partial charge in [0.15, 0.2) is 5.65 Å². The molecule has 0 saturated carbocycles. The number of nitrogens with zero attached hydrogens (tertiary/aromatic N) is 5. The second-order valence-corrected chi connectivity index (χ2v) is 7.01. The van der Waals surface area contributed by atoms with E-state index in [1.807, 2.05) is 26.0 Å². The minimum Gasteiger partial charge on any atom is -0.309 e. The van der Waals surface area contributed by atoms with Crippen molar-refractivity contribution in [2.45, 2.75) is 27.3 Å². The maximum Gasteiger partial charge on any atom is 0.247 e. The molecular formula is C21H22N6O. The van der Waals surface area contributed by atoms with Gasteiger partial charge < -0.3 is 5.32 Å². The van der Waals surface area contributed by atoms with Gasteiger partial charge in [-0.1, -0.05) is 29.8 Å². The number of hydrogen-bond acceptors (Lipinski definition) is 4. The van der Waals surface area contributed by atoms with Crippen molar-refractivity contribution in [3.05, 3.63) is 59.5 Å². The Morgan fingerprint density at radius 3 is 2.50 bits per heavy atom. The Morgan fingerprint density at radius 1 is 1.07 bits per heavy atom. The van der Waals surface area contributed by atoms with Crippen LogP contribution in [0.15, 0.2) is 42.6 Å². The van der Waals surface area contributed by atoms with Crippen LogP contribution in [0.4, 0.5) is 5.82 Å². The third-order valence-corrected chi connectivity index (χ3v) is 4.73. The zero-order valence-electron chi connectivity index (χ0n) is 16.4. The summed E-state index contributed by atoms with van der Waals surface area (Å²) in [5.41, 5.74) is 5.78. The SMILES string of the molecule is Cc1ccc(-c2ccnc3c2c(C)nn3CC(=O)Nc2cc(C)nn2C)cc1. The zero-order chi connectivity index (χ0) is 19.8. The Kier molecular flexibility index (Phi) is 4.43. The number of anilines is 1. The van der Waals surface area contributed by atoms with Crippen LogP contribution < -0.4 is 5.32 Å². The average Bonchev–Trinajstić information content (AvgIpc) is 3.14. The first-order chi connectivity index (χ1) is 13.4. The summed E-state index contributed by atoms with van der Waals surface area (Å²) in [6.07, 6.45) is 1.76. The number of carbonyl (C=O) groups excluding carboxylic acids is 1. The number of aromatic nitrogens is 5. The average molecular weight is 374 g/mol. The van der Waals surface area contributed by atoms with Gasteiger partial charge in [-0.25, -0.2) is 9.67 Å². The van der Waals surface area contributed by atoms with Crippen molar-refractivity contribution < 1.29 is 4.79 Å². The standard InChI is InChI=1S/C21H22N6O/c1-13-5-7-16(8-6-13)17-9-10-22-21-20(17)15(3)25-27(21)12-19(28)23-18-11-14(2)24-26(18)4/h5-11H,12H2,1-4H3,(H,23,28). The third-order valence-electron chi connectivity index (χ3n) is 4.73. The van der Waals surface area contributed by atoms with Crippen molar-refractivity contribution in [2.24, 2.45) is 7.05 Å². The molecule has 7 nitrogen and oxygen atoms in total. The lowest BCUT2D eigenvalue weighted by atomic mass is 10.0. The topological polar surface area (TPSA) is 77.6 Å². The largest absolute Gasteiger partial charge is 0.309 e. The molecule has 1 amide bonds. The van der Waals surface area contributed by atoms with Crippen molar-refractivity contribution >= 4 is 22.8 Å². The number of aryl methyl sites for hydroxylation is 4. The molecule has 0 bridgehead atoms. The molecule has 0 atom stereocenters. The van der Waals surface area contributed by atoms with Gasteiger partial charge in [-0.2, -0.15) is 10.2 Å². The van der Waals surface area contributed by atoms with Gasteiger partial charge in [0.2, 0.25) is 5.91 Å². The van der Waals surface area contributed by atoms with Crippen LogP contribution in [-0.4, -0.2) is 30.5 Å². The molecule has 3 heterocycles. The maximum absolute atomic E-state index is 12.5. The van der Waals surface area contributed by atoms with Crippen LogP contribution in [0.1, 0.15) is 17.0 Å². The summed E-state index contributed by atoms with van der Waals surface area (Å²) in [4.78, 5) is 17.0. The fourth-order valence-corrected chi connectivity index (χ4v) is 3.41. The molecule has 0 radical (unpaired) electrons. The Hall–Kier alpha value is -3.48. The van der Waals surface area contributed by atoms with E-state index in [1.165, 1.54) is 5.56 Å². The maximum atomic E-state index is 12.5. The Morgan fingerprint density at radius 2 is 1.82 bits per heavy atom. The fourth-order valence-electron chi connectivity index (χ4n) is 3.41. The van der Waals surface area contributed by atoms with E-state index in [9.17, 15) is 4.79 Å². The first-order valence-electron chi connectivity index (χ1n) is 9.12. The van der Waals surface area contributed by atoms with E-state index in [4.69, 9.17) is 0 Å². The Balaban J connectivity index is 1.67. The highest BCUT2D eigenvalue weighted by Gasteiger charge is 2.16. The number of rotatable bonds is 4. The molecule has 0 aliphatic carbocycles. The molecule has 7 heteroatoms. The number of carbonyl (C=O) groups is 1. The third kappa shape index (κ3) is 3.26. The summed E-state index contributed by atoms with van der Waals surface area (Å²) in [7, 11) is 1.80. The molecule has 0 aliphatic heterocycles. The molecule has 28 heavy (non-hydrogen) atoms. The quantitative estimate of drug-likeness (QED) is 0.594. The smallest absolute Gasteiger partial charge is 0.247 e. The first-order valence-corrected chi connectivity index (χ1v) is 9.12. The van der Waals surface area contributed by atoms with Crippen molar-refractivity contribution in [1.29, 1.82) is 0 Å². The number of hydrogen-bond donors (Lipinski definition) is 1. The summed E-state index contributed by atoms with van der Waals surface area (Å²) in [6.45, 7) is 5.98. The Bertz CT molecular complexity index is 1170. The predicted molar refractivity (Wildman–Crippen MR) is 109 cm³/mol. The number of amides is 1. The van der Waals surface area contributed by atoms with Gasteiger partial charge in [0.05, 0.1) is 11.4 Å². The van der Waals surface area contributed by atoms with Gasteiger partial charge >= 0.3 is 0 Å². The van der Waals surface area contributed by atoms with Gasteiger partial charge in [-0.3, -0.25) is 9.48 Å². The minimum absolute atomic E-state index is 0.0823. The number of benzene rings is 1. The van der Waals surface area contributed by atoms with Crippen LogP contribution in [0.3, 0.4) is 0 Å². The second-order valence-electron chi connectivity index (χ2n) is 7.01. The molecule has 0 unspecified atom stereocenters. The van der Waals surface area contributed by atoms with E-state index in [0.29, 0.717) is 11.5 Å². The van der Waals surface area contributed by atoms with E-state index in [2.05, 4.69) is 51.7 Å². The molecule has 3 aromatic heterocycles. The van der Waals surface area contributed by atoms with Gasteiger partial charge in [0, 0.05) is 24.7 Å². The summed E-state index contributed by atoms with van der Waals surface area (Å²) in [6, 6.07) is 12.2. The van der Waals surface area contributed by atoms with E-state index in [1.54, 1.807) is 22.6 Å². The van der Waals surface area contributed by atoms with Gasteiger partial charge in [0.1, 0.15) is 12.4 Å². The molecule has 4 rings (SSSR count). The van der Waals surface area contributed by atoms with Gasteiger partial charge in [0.25, 0.3) is 0 Å². The second kappa shape index (κ2) is 6.92. The van der Waals surface area contributed by atoms with Gasteiger partial charge in [-0.05, 0) is 38.0 Å². The highest BCUT2D eigenvalue weighted by atomic mass is 16.2. The van der Waals surface area contributed by atoms with E-state index in [-0.39, 0.29) is 12.5 Å². The van der Waals surface area contributed by atoms with Crippen LogP contribution in [0, 0.1) is 20.8 Å². The molecule has 142 valence electrons. The molecule has 1 N–H and O–H groups in total. The van der Waals surface area contributed by atoms with Crippen LogP contribution in [0.5, 0.6) is 0 Å². The highest BCUT2D eigenvalue weighted by Crippen LogP contribution is 2.30. The van der Waals surface area contributed by atoms with E-state index < -0.39 is 0 Å². The zero-order valence-corrected chi connectivity index (χ0v) is 16.4. The molecule has 0 fully saturated rings. The lowest BCUT2D eigenvalue weighted by molar-refractivity contribution is -0.116. The molecular weight excluding hydrogens is 352 g/mol. The van der Waals surface area contributed by atoms with Crippen molar-refractivity contribution in [3.8, 4) is 11.1 Å². The minimum atomic E-state index is -0.171. The van der Waals surface area contributed by atoms with Crippen molar-refractivity contribution in [1.82, 2.24) is 24.5 Å². The van der Waals surface area contributed by atoms with Crippen molar-refractivity contribution in [3.63, 3.8) is 0 Å². The summed E-state index contributed by atoms with van der Waals surface area (Å²) < 4.78 is 3.30. The van der Waals surface area contributed by atoms with E-state index in [0.717, 1.165) is 27.9 Å². The molecule has 0 spiro atoms. The van der Waals surface area contributed by atoms with Crippen LogP contribution in [0.2, 0.25) is 0 Å². The Labute approximate surface area is 163 Å². The number of pyridine rings is 1. The van der Waals surface area contributed by atoms with E-state index >= 15 is 0 Å². The predicted octanol–water partition coefficient (Wildman–Crippen LogP) is 3.40. The fraction of sp³-hybridized carbons (Fsp3) is 0.238. The molecule has 0 aliphatic rings. The van der Waals surface area contributed by atoms with Crippen LogP contribution in [-0.2, 0) is 18.4 Å². The monoisotopic (exact) mass is 374 g/mol. The molecule has 1 aromatic carbocycles. The lowest BCUT2D eigenvalue weighted by Gasteiger charge is -2.07. The number of nitrogens with one attached hydrogen (secondary N) is 1. The van der Waals surface area contributed by atoms with Crippen molar-refractivity contribution in [2.75, 3.05) is 5.32 Å². The highest BCUT2D eigenvalue weighted by molar-refractivity contribution is 5.96. The summed E-state index contributed by atoms with van der Waals surface area (Å²) >= 11 is 0.